The molecule has 1 atom stereocenters. The van der Waals surface area contributed by atoms with Crippen LogP contribution in [0, 0.1) is 6.92 Å². The van der Waals surface area contributed by atoms with E-state index in [9.17, 15) is 9.59 Å². The normalized spacial score (nSPS) is 11.9. The monoisotopic (exact) mass is 321 g/mol. The number of carbonyl (C=O) groups is 2. The first kappa shape index (κ1) is 19.0. The van der Waals surface area contributed by atoms with E-state index in [2.05, 4.69) is 19.2 Å². The summed E-state index contributed by atoms with van der Waals surface area (Å²) in [5, 5.41) is 2.73. The third-order valence-electron chi connectivity index (χ3n) is 3.60. The second-order valence-corrected chi connectivity index (χ2v) is 6.00. The predicted octanol–water partition coefficient (Wildman–Crippen LogP) is 2.96. The molecule has 0 heterocycles. The Morgan fingerprint density at radius 1 is 1.17 bits per heavy atom. The molecule has 5 nitrogen and oxygen atoms in total. The van der Waals surface area contributed by atoms with Crippen LogP contribution in [0.4, 0.5) is 0 Å². The minimum Gasteiger partial charge on any atom is -0.482 e. The lowest BCUT2D eigenvalue weighted by molar-refractivity contribution is -0.150. The van der Waals surface area contributed by atoms with Gasteiger partial charge in [-0.1, -0.05) is 26.8 Å². The maximum Gasteiger partial charge on any atom is 0.344 e. The van der Waals surface area contributed by atoms with Gasteiger partial charge in [-0.15, -0.1) is 0 Å². The Hall–Kier alpha value is -2.04. The molecule has 128 valence electrons. The molecule has 1 amide bonds. The van der Waals surface area contributed by atoms with Gasteiger partial charge in [0.1, 0.15) is 5.75 Å². The first-order valence-corrected chi connectivity index (χ1v) is 8.01. The molecule has 0 spiro atoms. The zero-order chi connectivity index (χ0) is 17.4. The van der Waals surface area contributed by atoms with Crippen molar-refractivity contribution in [3.63, 3.8) is 0 Å². The number of hydrogen-bond acceptors (Lipinski definition) is 4. The highest BCUT2D eigenvalue weighted by Gasteiger charge is 2.11. The largest absolute Gasteiger partial charge is 0.482 e. The Bertz CT molecular complexity index is 540. The van der Waals surface area contributed by atoms with Crippen molar-refractivity contribution in [2.45, 2.75) is 53.0 Å². The molecule has 0 unspecified atom stereocenters. The van der Waals surface area contributed by atoms with Gasteiger partial charge in [0, 0.05) is 6.04 Å². The molecule has 1 aromatic carbocycles. The van der Waals surface area contributed by atoms with Gasteiger partial charge in [-0.3, -0.25) is 4.79 Å². The van der Waals surface area contributed by atoms with Crippen LogP contribution in [0.5, 0.6) is 5.75 Å². The Morgan fingerprint density at radius 3 is 2.43 bits per heavy atom. The number of hydrogen-bond donors (Lipinski definition) is 1. The molecule has 1 aromatic rings. The Labute approximate surface area is 138 Å². The quantitative estimate of drug-likeness (QED) is 0.748. The molecule has 0 saturated heterocycles. The van der Waals surface area contributed by atoms with Crippen LogP contribution < -0.4 is 10.1 Å². The molecule has 0 fully saturated rings. The minimum atomic E-state index is -0.560. The van der Waals surface area contributed by atoms with E-state index in [1.165, 1.54) is 5.56 Å². The van der Waals surface area contributed by atoms with Crippen molar-refractivity contribution in [3.05, 3.63) is 29.3 Å². The second kappa shape index (κ2) is 9.18. The molecule has 0 aliphatic heterocycles. The van der Waals surface area contributed by atoms with Gasteiger partial charge in [-0.2, -0.15) is 0 Å². The van der Waals surface area contributed by atoms with Crippen LogP contribution in [-0.2, 0) is 14.3 Å². The van der Waals surface area contributed by atoms with E-state index in [1.54, 1.807) is 0 Å². The summed E-state index contributed by atoms with van der Waals surface area (Å²) < 4.78 is 10.3. The van der Waals surface area contributed by atoms with E-state index in [-0.39, 0.29) is 25.2 Å². The van der Waals surface area contributed by atoms with Gasteiger partial charge in [0.25, 0.3) is 5.91 Å². The van der Waals surface area contributed by atoms with Crippen LogP contribution in [0.3, 0.4) is 0 Å². The van der Waals surface area contributed by atoms with Crippen LogP contribution in [0.15, 0.2) is 18.2 Å². The summed E-state index contributed by atoms with van der Waals surface area (Å²) in [6.07, 6.45) is 0.828. The molecule has 23 heavy (non-hydrogen) atoms. The predicted molar refractivity (Wildman–Crippen MR) is 89.6 cm³/mol. The van der Waals surface area contributed by atoms with Gasteiger partial charge in [0.2, 0.25) is 0 Å². The Morgan fingerprint density at radius 2 is 1.87 bits per heavy atom. The van der Waals surface area contributed by atoms with Gasteiger partial charge in [-0.05, 0) is 49.4 Å². The Kier molecular flexibility index (Phi) is 7.59. The molecular weight excluding hydrogens is 294 g/mol. The number of rotatable bonds is 8. The van der Waals surface area contributed by atoms with Crippen molar-refractivity contribution in [2.24, 2.45) is 0 Å². The highest BCUT2D eigenvalue weighted by Crippen LogP contribution is 2.23. The topological polar surface area (TPSA) is 64.6 Å². The van der Waals surface area contributed by atoms with Crippen LogP contribution in [-0.4, -0.2) is 31.1 Å². The standard InChI is InChI=1S/C18H27NO4/c1-6-14(5)19-17(20)10-23-18(21)11-22-15-7-8-16(12(2)3)13(4)9-15/h7-9,12,14H,6,10-11H2,1-5H3,(H,19,20)/t14-/m0/s1. The maximum atomic E-state index is 11.6. The van der Waals surface area contributed by atoms with Crippen molar-refractivity contribution in [1.82, 2.24) is 5.32 Å². The zero-order valence-corrected chi connectivity index (χ0v) is 14.6. The molecule has 0 bridgehead atoms. The lowest BCUT2D eigenvalue weighted by Crippen LogP contribution is -2.35. The van der Waals surface area contributed by atoms with Crippen LogP contribution >= 0.6 is 0 Å². The van der Waals surface area contributed by atoms with E-state index >= 15 is 0 Å². The Balaban J connectivity index is 2.39. The van der Waals surface area contributed by atoms with Crippen LogP contribution in [0.25, 0.3) is 0 Å². The van der Waals surface area contributed by atoms with Crippen LogP contribution in [0.1, 0.15) is 51.2 Å². The summed E-state index contributed by atoms with van der Waals surface area (Å²) in [4.78, 5) is 23.1. The van der Waals surface area contributed by atoms with Gasteiger partial charge in [0.05, 0.1) is 0 Å². The molecular formula is C18H27NO4. The van der Waals surface area contributed by atoms with Gasteiger partial charge >= 0.3 is 5.97 Å². The molecule has 0 aliphatic rings. The summed E-state index contributed by atoms with van der Waals surface area (Å²) in [7, 11) is 0. The lowest BCUT2D eigenvalue weighted by Gasteiger charge is -2.13. The zero-order valence-electron chi connectivity index (χ0n) is 14.6. The minimum absolute atomic E-state index is 0.0694. The first-order chi connectivity index (χ1) is 10.8. The van der Waals surface area contributed by atoms with E-state index in [0.717, 1.165) is 12.0 Å². The highest BCUT2D eigenvalue weighted by molar-refractivity contribution is 5.81. The summed E-state index contributed by atoms with van der Waals surface area (Å²) in [5.41, 5.74) is 2.38. The van der Waals surface area contributed by atoms with Crippen molar-refractivity contribution in [2.75, 3.05) is 13.2 Å². The van der Waals surface area contributed by atoms with Crippen molar-refractivity contribution >= 4 is 11.9 Å². The molecule has 0 aromatic heterocycles. The van der Waals surface area contributed by atoms with E-state index in [1.807, 2.05) is 39.0 Å². The number of esters is 1. The first-order valence-electron chi connectivity index (χ1n) is 8.01. The smallest absolute Gasteiger partial charge is 0.344 e. The van der Waals surface area contributed by atoms with Gasteiger partial charge in [-0.25, -0.2) is 4.79 Å². The average molecular weight is 321 g/mol. The maximum absolute atomic E-state index is 11.6. The molecule has 0 saturated carbocycles. The third kappa shape index (κ3) is 6.72. The van der Waals surface area contributed by atoms with Crippen molar-refractivity contribution in [3.8, 4) is 5.75 Å². The SMILES string of the molecule is CC[C@H](C)NC(=O)COC(=O)COc1ccc(C(C)C)c(C)c1. The van der Waals surface area contributed by atoms with E-state index in [4.69, 9.17) is 9.47 Å². The second-order valence-electron chi connectivity index (χ2n) is 6.00. The average Bonchev–Trinajstić information content (AvgIpc) is 2.50. The number of benzene rings is 1. The fourth-order valence-electron chi connectivity index (χ4n) is 2.13. The van der Waals surface area contributed by atoms with Crippen molar-refractivity contribution in [1.29, 1.82) is 0 Å². The van der Waals surface area contributed by atoms with E-state index < -0.39 is 5.97 Å². The summed E-state index contributed by atoms with van der Waals surface area (Å²) in [6, 6.07) is 5.81. The third-order valence-corrected chi connectivity index (χ3v) is 3.60. The molecule has 1 N–H and O–H groups in total. The number of carbonyl (C=O) groups excluding carboxylic acids is 2. The summed E-state index contributed by atoms with van der Waals surface area (Å²) >= 11 is 0. The number of ether oxygens (including phenoxy) is 2. The molecule has 0 aliphatic carbocycles. The van der Waals surface area contributed by atoms with Crippen molar-refractivity contribution < 1.29 is 19.1 Å². The summed E-state index contributed by atoms with van der Waals surface area (Å²) in [5.74, 6) is 0.200. The molecule has 1 rings (SSSR count). The molecule has 5 heteroatoms. The van der Waals surface area contributed by atoms with Gasteiger partial charge in [0.15, 0.2) is 13.2 Å². The summed E-state index contributed by atoms with van der Waals surface area (Å²) in [6.45, 7) is 9.65. The number of amides is 1. The fourth-order valence-corrected chi connectivity index (χ4v) is 2.13. The fraction of sp³-hybridized carbons (Fsp3) is 0.556. The van der Waals surface area contributed by atoms with Crippen LogP contribution in [0.2, 0.25) is 0 Å². The van der Waals surface area contributed by atoms with Gasteiger partial charge < -0.3 is 14.8 Å². The number of nitrogens with one attached hydrogen (secondary N) is 1. The molecule has 0 radical (unpaired) electrons. The lowest BCUT2D eigenvalue weighted by atomic mass is 9.98. The highest BCUT2D eigenvalue weighted by atomic mass is 16.6. The number of aryl methyl sites for hydroxylation is 1. The van der Waals surface area contributed by atoms with E-state index in [0.29, 0.717) is 11.7 Å².